The molecule has 1 aromatic carbocycles. The maximum absolute atomic E-state index is 12.4. The van der Waals surface area contributed by atoms with Gasteiger partial charge in [-0.3, -0.25) is 4.79 Å². The highest BCUT2D eigenvalue weighted by molar-refractivity contribution is 5.94. The molecule has 0 radical (unpaired) electrons. The highest BCUT2D eigenvalue weighted by Crippen LogP contribution is 2.22. The molecule has 0 spiro atoms. The van der Waals surface area contributed by atoms with E-state index in [2.05, 4.69) is 29.7 Å². The van der Waals surface area contributed by atoms with Gasteiger partial charge in [0.2, 0.25) is 0 Å². The number of rotatable bonds is 2. The van der Waals surface area contributed by atoms with E-state index in [-0.39, 0.29) is 5.91 Å². The molecule has 108 valence electrons. The molecule has 3 nitrogen and oxygen atoms in total. The zero-order valence-electron chi connectivity index (χ0n) is 12.2. The van der Waals surface area contributed by atoms with E-state index in [4.69, 9.17) is 0 Å². The van der Waals surface area contributed by atoms with Crippen molar-refractivity contribution in [2.45, 2.75) is 45.1 Å². The Morgan fingerprint density at radius 1 is 1.25 bits per heavy atom. The van der Waals surface area contributed by atoms with Gasteiger partial charge in [0.05, 0.1) is 0 Å². The molecule has 2 unspecified atom stereocenters. The minimum Gasteiger partial charge on any atom is -0.349 e. The van der Waals surface area contributed by atoms with Gasteiger partial charge in [-0.05, 0) is 74.4 Å². The fourth-order valence-corrected chi connectivity index (χ4v) is 3.35. The topological polar surface area (TPSA) is 41.1 Å². The fourth-order valence-electron chi connectivity index (χ4n) is 3.35. The number of piperidine rings is 1. The van der Waals surface area contributed by atoms with Crippen LogP contribution in [0, 0.1) is 5.92 Å². The van der Waals surface area contributed by atoms with E-state index >= 15 is 0 Å². The highest BCUT2D eigenvalue weighted by Gasteiger charge is 2.23. The van der Waals surface area contributed by atoms with Crippen LogP contribution in [0.1, 0.15) is 47.7 Å². The molecule has 1 fully saturated rings. The summed E-state index contributed by atoms with van der Waals surface area (Å²) in [6.07, 6.45) is 5.86. The first-order chi connectivity index (χ1) is 9.74. The quantitative estimate of drug-likeness (QED) is 0.867. The largest absolute Gasteiger partial charge is 0.349 e. The van der Waals surface area contributed by atoms with Crippen LogP contribution in [0.25, 0.3) is 0 Å². The van der Waals surface area contributed by atoms with Gasteiger partial charge in [-0.25, -0.2) is 0 Å². The lowest BCUT2D eigenvalue weighted by Crippen LogP contribution is -2.48. The van der Waals surface area contributed by atoms with Crippen molar-refractivity contribution in [2.24, 2.45) is 5.92 Å². The van der Waals surface area contributed by atoms with E-state index in [1.807, 2.05) is 6.07 Å². The molecule has 1 aliphatic carbocycles. The molecule has 0 aromatic heterocycles. The van der Waals surface area contributed by atoms with E-state index in [1.54, 1.807) is 0 Å². The molecule has 20 heavy (non-hydrogen) atoms. The van der Waals surface area contributed by atoms with Gasteiger partial charge in [-0.2, -0.15) is 0 Å². The van der Waals surface area contributed by atoms with Crippen LogP contribution in [0.4, 0.5) is 0 Å². The van der Waals surface area contributed by atoms with Crippen LogP contribution in [0.15, 0.2) is 18.2 Å². The maximum atomic E-state index is 12.4. The monoisotopic (exact) mass is 272 g/mol. The molecule has 1 aromatic rings. The minimum absolute atomic E-state index is 0.0946. The second kappa shape index (κ2) is 5.96. The van der Waals surface area contributed by atoms with Gasteiger partial charge in [0.15, 0.2) is 0 Å². The first-order valence-corrected chi connectivity index (χ1v) is 7.87. The predicted octanol–water partition coefficient (Wildman–Crippen LogP) is 2.29. The van der Waals surface area contributed by atoms with Gasteiger partial charge in [-0.1, -0.05) is 13.0 Å². The number of fused-ring (bicyclic) bond motifs is 1. The number of nitrogens with one attached hydrogen (secondary N) is 2. The number of carbonyl (C=O) groups is 1. The van der Waals surface area contributed by atoms with Crippen LogP contribution in [-0.4, -0.2) is 25.0 Å². The summed E-state index contributed by atoms with van der Waals surface area (Å²) < 4.78 is 0. The summed E-state index contributed by atoms with van der Waals surface area (Å²) in [7, 11) is 0. The van der Waals surface area contributed by atoms with E-state index in [9.17, 15) is 4.79 Å². The average Bonchev–Trinajstić information content (AvgIpc) is 2.49. The molecule has 2 aliphatic rings. The Bertz CT molecular complexity index is 498. The number of aryl methyl sites for hydroxylation is 2. The van der Waals surface area contributed by atoms with Crippen molar-refractivity contribution in [1.29, 1.82) is 0 Å². The third kappa shape index (κ3) is 2.88. The van der Waals surface area contributed by atoms with Crippen molar-refractivity contribution in [3.8, 4) is 0 Å². The van der Waals surface area contributed by atoms with E-state index in [0.717, 1.165) is 31.5 Å². The van der Waals surface area contributed by atoms with Crippen molar-refractivity contribution < 1.29 is 4.79 Å². The van der Waals surface area contributed by atoms with Crippen LogP contribution < -0.4 is 10.6 Å². The Labute approximate surface area is 121 Å². The minimum atomic E-state index is 0.0946. The van der Waals surface area contributed by atoms with Gasteiger partial charge in [0.25, 0.3) is 5.91 Å². The lowest BCUT2D eigenvalue weighted by molar-refractivity contribution is 0.0914. The average molecular weight is 272 g/mol. The third-order valence-corrected chi connectivity index (χ3v) is 4.71. The Kier molecular flexibility index (Phi) is 4.06. The number of hydrogen-bond donors (Lipinski definition) is 2. The molecule has 3 heteroatoms. The molecule has 2 atom stereocenters. The zero-order valence-corrected chi connectivity index (χ0v) is 12.2. The van der Waals surface area contributed by atoms with Crippen LogP contribution in [0.2, 0.25) is 0 Å². The fraction of sp³-hybridized carbons (Fsp3) is 0.588. The summed E-state index contributed by atoms with van der Waals surface area (Å²) in [5.41, 5.74) is 3.64. The molecule has 1 aliphatic heterocycles. The molecule has 2 N–H and O–H groups in total. The van der Waals surface area contributed by atoms with Crippen molar-refractivity contribution >= 4 is 5.91 Å². The van der Waals surface area contributed by atoms with Crippen molar-refractivity contribution in [1.82, 2.24) is 10.6 Å². The van der Waals surface area contributed by atoms with Crippen LogP contribution >= 0.6 is 0 Å². The van der Waals surface area contributed by atoms with Crippen LogP contribution in [0.3, 0.4) is 0 Å². The maximum Gasteiger partial charge on any atom is 0.251 e. The molecule has 0 saturated carbocycles. The number of carbonyl (C=O) groups excluding carboxylic acids is 1. The van der Waals surface area contributed by atoms with Crippen molar-refractivity contribution in [2.75, 3.05) is 13.1 Å². The molecule has 0 bridgehead atoms. The summed E-state index contributed by atoms with van der Waals surface area (Å²) in [6.45, 7) is 4.19. The summed E-state index contributed by atoms with van der Waals surface area (Å²) in [5.74, 6) is 0.599. The molecular formula is C17H24N2O. The second-order valence-corrected chi connectivity index (χ2v) is 6.24. The Balaban J connectivity index is 1.70. The van der Waals surface area contributed by atoms with Crippen LogP contribution in [0.5, 0.6) is 0 Å². The number of amides is 1. The molecule has 3 rings (SSSR count). The summed E-state index contributed by atoms with van der Waals surface area (Å²) in [5, 5.41) is 6.58. The number of benzene rings is 1. The SMILES string of the molecule is CC1CNCCC1NC(=O)c1ccc2c(c1)CCCC2. The molecule has 1 heterocycles. The Morgan fingerprint density at radius 2 is 2.05 bits per heavy atom. The third-order valence-electron chi connectivity index (χ3n) is 4.71. The standard InChI is InChI=1S/C17H24N2O/c1-12-11-18-9-8-16(12)19-17(20)15-7-6-13-4-2-3-5-14(13)10-15/h6-7,10,12,16,18H,2-5,8-9,11H2,1H3,(H,19,20). The van der Waals surface area contributed by atoms with Gasteiger partial charge >= 0.3 is 0 Å². The summed E-state index contributed by atoms with van der Waals surface area (Å²) >= 11 is 0. The highest BCUT2D eigenvalue weighted by atomic mass is 16.1. The zero-order chi connectivity index (χ0) is 13.9. The van der Waals surface area contributed by atoms with Crippen molar-refractivity contribution in [3.05, 3.63) is 34.9 Å². The lowest BCUT2D eigenvalue weighted by atomic mass is 9.90. The molecule has 1 saturated heterocycles. The summed E-state index contributed by atoms with van der Waals surface area (Å²) in [6, 6.07) is 6.55. The van der Waals surface area contributed by atoms with Gasteiger partial charge in [-0.15, -0.1) is 0 Å². The summed E-state index contributed by atoms with van der Waals surface area (Å²) in [4.78, 5) is 12.4. The number of hydrogen-bond acceptors (Lipinski definition) is 2. The van der Waals surface area contributed by atoms with Crippen LogP contribution in [-0.2, 0) is 12.8 Å². The smallest absolute Gasteiger partial charge is 0.251 e. The first-order valence-electron chi connectivity index (χ1n) is 7.87. The van der Waals surface area contributed by atoms with Gasteiger partial charge < -0.3 is 10.6 Å². The van der Waals surface area contributed by atoms with E-state index < -0.39 is 0 Å². The Hall–Kier alpha value is -1.35. The van der Waals surface area contributed by atoms with E-state index in [1.165, 1.54) is 30.4 Å². The molecular weight excluding hydrogens is 248 g/mol. The first kappa shape index (κ1) is 13.6. The normalized spacial score (nSPS) is 25.9. The van der Waals surface area contributed by atoms with E-state index in [0.29, 0.717) is 12.0 Å². The van der Waals surface area contributed by atoms with Gasteiger partial charge in [0, 0.05) is 11.6 Å². The van der Waals surface area contributed by atoms with Gasteiger partial charge in [0.1, 0.15) is 0 Å². The predicted molar refractivity (Wildman–Crippen MR) is 81.0 cm³/mol. The van der Waals surface area contributed by atoms with Crippen molar-refractivity contribution in [3.63, 3.8) is 0 Å². The Morgan fingerprint density at radius 3 is 2.85 bits per heavy atom. The molecule has 1 amide bonds. The lowest BCUT2D eigenvalue weighted by Gasteiger charge is -2.30. The second-order valence-electron chi connectivity index (χ2n) is 6.24.